The molecule has 1 aromatic heterocycles. The van der Waals surface area contributed by atoms with E-state index in [9.17, 15) is 4.79 Å². The molecule has 0 saturated carbocycles. The normalized spacial score (nSPS) is 10.8. The van der Waals surface area contributed by atoms with Crippen molar-refractivity contribution in [2.45, 2.75) is 0 Å². The molecule has 1 heterocycles. The zero-order valence-corrected chi connectivity index (χ0v) is 17.5. The third-order valence-corrected chi connectivity index (χ3v) is 6.23. The Hall–Kier alpha value is -1.47. The van der Waals surface area contributed by atoms with E-state index in [0.29, 0.717) is 36.5 Å². The van der Waals surface area contributed by atoms with Crippen molar-refractivity contribution in [3.05, 3.63) is 55.8 Å². The predicted octanol–water partition coefficient (Wildman–Crippen LogP) is 6.22. The number of fused-ring (bicyclic) bond motifs is 1. The zero-order chi connectivity index (χ0) is 18.7. The number of carbonyl (C=O) groups is 1. The lowest BCUT2D eigenvalue weighted by Gasteiger charge is -2.07. The second-order valence-electron chi connectivity index (χ2n) is 5.14. The molecule has 0 radical (unpaired) electrons. The molecule has 26 heavy (non-hydrogen) atoms. The average Bonchev–Trinajstić information content (AvgIpc) is 2.98. The lowest BCUT2D eigenvalue weighted by Crippen LogP contribution is -2.11. The van der Waals surface area contributed by atoms with Gasteiger partial charge in [0.25, 0.3) is 0 Å². The first-order chi connectivity index (χ1) is 12.5. The third-order valence-electron chi connectivity index (χ3n) is 3.51. The second kappa shape index (κ2) is 8.48. The van der Waals surface area contributed by atoms with Gasteiger partial charge in [-0.15, -0.1) is 11.3 Å². The van der Waals surface area contributed by atoms with Crippen molar-refractivity contribution >= 4 is 66.5 Å². The van der Waals surface area contributed by atoms with Crippen molar-refractivity contribution in [2.24, 2.45) is 0 Å². The van der Waals surface area contributed by atoms with Gasteiger partial charge < -0.3 is 14.2 Å². The minimum atomic E-state index is -0.509. The van der Waals surface area contributed by atoms with Crippen LogP contribution < -0.4 is 9.47 Å². The number of ether oxygens (including phenoxy) is 3. The van der Waals surface area contributed by atoms with E-state index in [1.54, 1.807) is 12.1 Å². The molecule has 136 valence electrons. The molecule has 0 bridgehead atoms. The first kappa shape index (κ1) is 19.3. The molecule has 0 aliphatic rings. The molecule has 0 aliphatic carbocycles. The summed E-state index contributed by atoms with van der Waals surface area (Å²) in [6.07, 6.45) is 0. The van der Waals surface area contributed by atoms with Gasteiger partial charge in [0.2, 0.25) is 0 Å². The van der Waals surface area contributed by atoms with Gasteiger partial charge in [-0.25, -0.2) is 4.79 Å². The Balaban J connectivity index is 1.65. The molecule has 0 N–H and O–H groups in total. The van der Waals surface area contributed by atoms with E-state index in [0.717, 1.165) is 4.47 Å². The van der Waals surface area contributed by atoms with Crippen molar-refractivity contribution in [2.75, 3.05) is 20.3 Å². The van der Waals surface area contributed by atoms with Crippen LogP contribution in [0.2, 0.25) is 10.0 Å². The Morgan fingerprint density at radius 2 is 1.81 bits per heavy atom. The smallest absolute Gasteiger partial charge is 0.350 e. The number of benzene rings is 2. The van der Waals surface area contributed by atoms with Crippen molar-refractivity contribution in [3.63, 3.8) is 0 Å². The number of hydrogen-bond acceptors (Lipinski definition) is 5. The van der Waals surface area contributed by atoms with Crippen LogP contribution in [0.3, 0.4) is 0 Å². The molecule has 3 aromatic rings. The van der Waals surface area contributed by atoms with Gasteiger partial charge in [0.15, 0.2) is 0 Å². The fraction of sp³-hybridized carbons (Fsp3) is 0.167. The second-order valence-corrected chi connectivity index (χ2v) is 7.83. The summed E-state index contributed by atoms with van der Waals surface area (Å²) in [5.41, 5.74) is 0. The SMILES string of the molecule is COc1ccc2c(Cl)c(C(=O)OCCOc3ccc(Br)cc3)sc2c1Cl. The van der Waals surface area contributed by atoms with E-state index < -0.39 is 5.97 Å². The number of hydrogen-bond donors (Lipinski definition) is 0. The molecule has 4 nitrogen and oxygen atoms in total. The van der Waals surface area contributed by atoms with Gasteiger partial charge >= 0.3 is 5.97 Å². The molecule has 0 fully saturated rings. The number of halogens is 3. The molecule has 0 atom stereocenters. The topological polar surface area (TPSA) is 44.8 Å². The first-order valence-electron chi connectivity index (χ1n) is 7.51. The summed E-state index contributed by atoms with van der Waals surface area (Å²) in [5, 5.41) is 1.45. The van der Waals surface area contributed by atoms with Crippen LogP contribution in [-0.4, -0.2) is 26.3 Å². The Kier molecular flexibility index (Phi) is 6.29. The minimum absolute atomic E-state index is 0.108. The van der Waals surface area contributed by atoms with E-state index >= 15 is 0 Å². The molecule has 0 amide bonds. The van der Waals surface area contributed by atoms with Gasteiger partial charge in [-0.3, -0.25) is 0 Å². The Morgan fingerprint density at radius 1 is 1.08 bits per heavy atom. The highest BCUT2D eigenvalue weighted by molar-refractivity contribution is 9.10. The van der Waals surface area contributed by atoms with Gasteiger partial charge in [0.1, 0.15) is 34.6 Å². The summed E-state index contributed by atoms with van der Waals surface area (Å²) in [6, 6.07) is 10.9. The highest BCUT2D eigenvalue weighted by Gasteiger charge is 2.21. The molecule has 0 saturated heterocycles. The summed E-state index contributed by atoms with van der Waals surface area (Å²) >= 11 is 17.1. The van der Waals surface area contributed by atoms with Crippen LogP contribution in [0.15, 0.2) is 40.9 Å². The molecular formula is C18H13BrCl2O4S. The molecule has 0 unspecified atom stereocenters. The molecule has 3 rings (SSSR count). The van der Waals surface area contributed by atoms with Crippen molar-refractivity contribution in [1.29, 1.82) is 0 Å². The van der Waals surface area contributed by atoms with Gasteiger partial charge in [-0.1, -0.05) is 39.1 Å². The van der Waals surface area contributed by atoms with Crippen LogP contribution in [0.25, 0.3) is 10.1 Å². The van der Waals surface area contributed by atoms with Crippen molar-refractivity contribution < 1.29 is 19.0 Å². The lowest BCUT2D eigenvalue weighted by atomic mass is 10.2. The van der Waals surface area contributed by atoms with Crippen LogP contribution in [0.4, 0.5) is 0 Å². The van der Waals surface area contributed by atoms with Gasteiger partial charge in [-0.2, -0.15) is 0 Å². The largest absolute Gasteiger partial charge is 0.495 e. The summed E-state index contributed by atoms with van der Waals surface area (Å²) in [5.74, 6) is 0.716. The van der Waals surface area contributed by atoms with Crippen LogP contribution in [-0.2, 0) is 4.74 Å². The van der Waals surface area contributed by atoms with E-state index in [1.807, 2.05) is 24.3 Å². The molecule has 2 aromatic carbocycles. The highest BCUT2D eigenvalue weighted by atomic mass is 79.9. The average molecular weight is 476 g/mol. The standard InChI is InChI=1S/C18H13BrCl2O4S/c1-23-13-7-6-12-14(20)17(26-16(12)15(13)21)18(22)25-9-8-24-11-4-2-10(19)3-5-11/h2-7H,8-9H2,1H3. The van der Waals surface area contributed by atoms with Crippen molar-refractivity contribution in [1.82, 2.24) is 0 Å². The number of esters is 1. The molecule has 0 spiro atoms. The fourth-order valence-electron chi connectivity index (χ4n) is 2.26. The van der Waals surface area contributed by atoms with Crippen LogP contribution >= 0.6 is 50.5 Å². The Morgan fingerprint density at radius 3 is 2.50 bits per heavy atom. The maximum absolute atomic E-state index is 12.3. The summed E-state index contributed by atoms with van der Waals surface area (Å²) in [6.45, 7) is 0.348. The summed E-state index contributed by atoms with van der Waals surface area (Å²) in [4.78, 5) is 12.6. The quantitative estimate of drug-likeness (QED) is 0.313. The molecular weight excluding hydrogens is 463 g/mol. The summed E-state index contributed by atoms with van der Waals surface area (Å²) in [7, 11) is 1.53. The van der Waals surface area contributed by atoms with Gasteiger partial charge in [-0.05, 0) is 36.4 Å². The third kappa shape index (κ3) is 4.09. The Labute approximate surface area is 172 Å². The van der Waals surface area contributed by atoms with Gasteiger partial charge in [0, 0.05) is 9.86 Å². The summed E-state index contributed by atoms with van der Waals surface area (Å²) < 4.78 is 17.6. The van der Waals surface area contributed by atoms with Crippen LogP contribution in [0.5, 0.6) is 11.5 Å². The first-order valence-corrected chi connectivity index (χ1v) is 9.87. The number of rotatable bonds is 6. The maximum atomic E-state index is 12.3. The number of methoxy groups -OCH3 is 1. The maximum Gasteiger partial charge on any atom is 0.350 e. The predicted molar refractivity (Wildman–Crippen MR) is 108 cm³/mol. The van der Waals surface area contributed by atoms with Crippen LogP contribution in [0, 0.1) is 0 Å². The van der Waals surface area contributed by atoms with E-state index in [-0.39, 0.29) is 13.2 Å². The van der Waals surface area contributed by atoms with E-state index in [4.69, 9.17) is 37.4 Å². The Bertz CT molecular complexity index is 941. The van der Waals surface area contributed by atoms with E-state index in [1.165, 1.54) is 18.4 Å². The molecule has 0 aliphatic heterocycles. The monoisotopic (exact) mass is 474 g/mol. The van der Waals surface area contributed by atoms with Gasteiger partial charge in [0.05, 0.1) is 16.8 Å². The van der Waals surface area contributed by atoms with Crippen molar-refractivity contribution in [3.8, 4) is 11.5 Å². The minimum Gasteiger partial charge on any atom is -0.495 e. The van der Waals surface area contributed by atoms with Crippen LogP contribution in [0.1, 0.15) is 9.67 Å². The number of thiophene rings is 1. The number of carbonyl (C=O) groups excluding carboxylic acids is 1. The van der Waals surface area contributed by atoms with E-state index in [2.05, 4.69) is 15.9 Å². The molecule has 8 heteroatoms. The fourth-order valence-corrected chi connectivity index (χ4v) is 4.30. The highest BCUT2D eigenvalue weighted by Crippen LogP contribution is 2.43. The zero-order valence-electron chi connectivity index (χ0n) is 13.6. The lowest BCUT2D eigenvalue weighted by molar-refractivity contribution is 0.0456.